The number of carbonyl (C=O) groups excluding carboxylic acids is 2. The predicted molar refractivity (Wildman–Crippen MR) is 66.0 cm³/mol. The van der Waals surface area contributed by atoms with Crippen molar-refractivity contribution in [1.82, 2.24) is 5.32 Å². The second-order valence-electron chi connectivity index (χ2n) is 3.88. The summed E-state index contributed by atoms with van der Waals surface area (Å²) in [6, 6.07) is 4.17. The summed E-state index contributed by atoms with van der Waals surface area (Å²) in [5.74, 6) is -1.01. The van der Waals surface area contributed by atoms with Gasteiger partial charge in [-0.2, -0.15) is 13.2 Å². The lowest BCUT2D eigenvalue weighted by molar-refractivity contribution is -0.139. The number of nitrogens with one attached hydrogen (secondary N) is 1. The first kappa shape index (κ1) is 16.3. The molecule has 4 nitrogen and oxygen atoms in total. The van der Waals surface area contributed by atoms with Gasteiger partial charge in [0.2, 0.25) is 0 Å². The van der Waals surface area contributed by atoms with Crippen LogP contribution >= 0.6 is 11.6 Å². The number of ketones is 1. The van der Waals surface area contributed by atoms with Crippen LogP contribution in [0.25, 0.3) is 0 Å². The average Bonchev–Trinajstić information content (AvgIpc) is 2.33. The molecule has 0 aliphatic carbocycles. The topological polar surface area (TPSA) is 55.4 Å². The Labute approximate surface area is 117 Å². The largest absolute Gasteiger partial charge is 0.482 e. The number of Topliss-reactive ketones (excluding diaryl/α,β-unsaturated/α-hetero) is 1. The van der Waals surface area contributed by atoms with Crippen molar-refractivity contribution in [2.24, 2.45) is 0 Å². The highest BCUT2D eigenvalue weighted by Gasteiger charge is 2.27. The van der Waals surface area contributed by atoms with E-state index in [1.54, 1.807) is 5.32 Å². The van der Waals surface area contributed by atoms with Crippen LogP contribution < -0.4 is 10.1 Å². The Kier molecular flexibility index (Phi) is 5.38. The van der Waals surface area contributed by atoms with Gasteiger partial charge in [-0.1, -0.05) is 11.6 Å². The van der Waals surface area contributed by atoms with Gasteiger partial charge in [0.1, 0.15) is 12.3 Å². The van der Waals surface area contributed by atoms with Gasteiger partial charge in [0.25, 0.3) is 5.91 Å². The fourth-order valence-electron chi connectivity index (χ4n) is 1.23. The van der Waals surface area contributed by atoms with Crippen LogP contribution in [0.1, 0.15) is 17.3 Å². The Morgan fingerprint density at radius 2 is 2.00 bits per heavy atom. The zero-order chi connectivity index (χ0) is 15.3. The highest BCUT2D eigenvalue weighted by atomic mass is 35.5. The highest BCUT2D eigenvalue weighted by Crippen LogP contribution is 2.25. The second-order valence-corrected chi connectivity index (χ2v) is 4.29. The third-order valence-electron chi connectivity index (χ3n) is 2.18. The molecular weight excluding hydrogens is 299 g/mol. The number of rotatable bonds is 5. The van der Waals surface area contributed by atoms with Gasteiger partial charge in [0.15, 0.2) is 12.4 Å². The van der Waals surface area contributed by atoms with Crippen LogP contribution in [0.3, 0.4) is 0 Å². The van der Waals surface area contributed by atoms with E-state index in [0.29, 0.717) is 5.56 Å². The van der Waals surface area contributed by atoms with E-state index in [1.807, 2.05) is 0 Å². The van der Waals surface area contributed by atoms with Gasteiger partial charge in [0, 0.05) is 5.56 Å². The van der Waals surface area contributed by atoms with Crippen molar-refractivity contribution in [2.75, 3.05) is 13.2 Å². The molecule has 0 bridgehead atoms. The van der Waals surface area contributed by atoms with Crippen molar-refractivity contribution in [3.63, 3.8) is 0 Å². The van der Waals surface area contributed by atoms with E-state index in [-0.39, 0.29) is 16.6 Å². The van der Waals surface area contributed by atoms with Crippen LogP contribution in [0.5, 0.6) is 5.75 Å². The number of hydrogen-bond acceptors (Lipinski definition) is 3. The molecule has 1 aromatic carbocycles. The molecule has 0 aliphatic rings. The molecule has 110 valence electrons. The molecule has 0 aliphatic heterocycles. The average molecular weight is 310 g/mol. The van der Waals surface area contributed by atoms with E-state index in [9.17, 15) is 22.8 Å². The quantitative estimate of drug-likeness (QED) is 0.851. The summed E-state index contributed by atoms with van der Waals surface area (Å²) in [6.07, 6.45) is -4.48. The first-order chi connectivity index (χ1) is 9.19. The Morgan fingerprint density at radius 1 is 1.35 bits per heavy atom. The van der Waals surface area contributed by atoms with E-state index in [4.69, 9.17) is 16.3 Å². The summed E-state index contributed by atoms with van der Waals surface area (Å²) in [4.78, 5) is 22.2. The van der Waals surface area contributed by atoms with Gasteiger partial charge in [0.05, 0.1) is 5.02 Å². The summed E-state index contributed by atoms with van der Waals surface area (Å²) in [7, 11) is 0. The minimum atomic E-state index is -4.48. The standard InChI is InChI=1S/C12H11ClF3NO3/c1-7(18)8-2-3-10(9(13)4-8)20-5-11(19)17-6-12(14,15)16/h2-4H,5-6H2,1H3,(H,17,19). The molecule has 0 saturated heterocycles. The molecule has 1 amide bonds. The van der Waals surface area contributed by atoms with Crippen molar-refractivity contribution in [2.45, 2.75) is 13.1 Å². The number of alkyl halides is 3. The van der Waals surface area contributed by atoms with Gasteiger partial charge in [-0.25, -0.2) is 0 Å². The maximum atomic E-state index is 11.9. The zero-order valence-corrected chi connectivity index (χ0v) is 11.1. The Balaban J connectivity index is 2.54. The fraction of sp³-hybridized carbons (Fsp3) is 0.333. The zero-order valence-electron chi connectivity index (χ0n) is 10.4. The molecule has 0 spiro atoms. The predicted octanol–water partition coefficient (Wildman–Crippen LogP) is 2.60. The minimum Gasteiger partial charge on any atom is -0.482 e. The number of amides is 1. The van der Waals surface area contributed by atoms with E-state index < -0.39 is 25.2 Å². The van der Waals surface area contributed by atoms with Gasteiger partial charge in [-0.15, -0.1) is 0 Å². The Bertz CT molecular complexity index is 517. The lowest BCUT2D eigenvalue weighted by Gasteiger charge is -2.10. The fourth-order valence-corrected chi connectivity index (χ4v) is 1.47. The molecular formula is C12H11ClF3NO3. The Morgan fingerprint density at radius 3 is 2.50 bits per heavy atom. The maximum absolute atomic E-state index is 11.9. The molecule has 0 heterocycles. The molecule has 0 aromatic heterocycles. The smallest absolute Gasteiger partial charge is 0.405 e. The van der Waals surface area contributed by atoms with Crippen LogP contribution in [0, 0.1) is 0 Å². The second kappa shape index (κ2) is 6.60. The lowest BCUT2D eigenvalue weighted by Crippen LogP contribution is -2.36. The van der Waals surface area contributed by atoms with E-state index in [2.05, 4.69) is 0 Å². The first-order valence-electron chi connectivity index (χ1n) is 5.46. The van der Waals surface area contributed by atoms with Crippen LogP contribution in [-0.2, 0) is 4.79 Å². The molecule has 20 heavy (non-hydrogen) atoms. The number of benzene rings is 1. The van der Waals surface area contributed by atoms with Gasteiger partial charge >= 0.3 is 6.18 Å². The molecule has 8 heteroatoms. The third kappa shape index (κ3) is 5.48. The van der Waals surface area contributed by atoms with Crippen molar-refractivity contribution >= 4 is 23.3 Å². The van der Waals surface area contributed by atoms with Crippen LogP contribution in [-0.4, -0.2) is 31.0 Å². The molecule has 0 saturated carbocycles. The summed E-state index contributed by atoms with van der Waals surface area (Å²) < 4.78 is 40.5. The summed E-state index contributed by atoms with van der Waals surface area (Å²) >= 11 is 5.82. The SMILES string of the molecule is CC(=O)c1ccc(OCC(=O)NCC(F)(F)F)c(Cl)c1. The van der Waals surface area contributed by atoms with E-state index in [0.717, 1.165) is 0 Å². The molecule has 1 aromatic rings. The van der Waals surface area contributed by atoms with Crippen molar-refractivity contribution in [3.8, 4) is 5.75 Å². The molecule has 0 radical (unpaired) electrons. The van der Waals surface area contributed by atoms with Crippen LogP contribution in [0.2, 0.25) is 5.02 Å². The van der Waals surface area contributed by atoms with Crippen LogP contribution in [0.4, 0.5) is 13.2 Å². The summed E-state index contributed by atoms with van der Waals surface area (Å²) in [6.45, 7) is -0.668. The molecule has 1 rings (SSSR count). The summed E-state index contributed by atoms with van der Waals surface area (Å²) in [5.41, 5.74) is 0.365. The maximum Gasteiger partial charge on any atom is 0.405 e. The highest BCUT2D eigenvalue weighted by molar-refractivity contribution is 6.32. The number of hydrogen-bond donors (Lipinski definition) is 1. The van der Waals surface area contributed by atoms with E-state index >= 15 is 0 Å². The lowest BCUT2D eigenvalue weighted by atomic mass is 10.1. The molecule has 0 atom stereocenters. The van der Waals surface area contributed by atoms with E-state index in [1.165, 1.54) is 25.1 Å². The molecule has 0 fully saturated rings. The van der Waals surface area contributed by atoms with Crippen molar-refractivity contribution in [3.05, 3.63) is 28.8 Å². The Hall–Kier alpha value is -1.76. The molecule has 0 unspecified atom stereocenters. The summed E-state index contributed by atoms with van der Waals surface area (Å²) in [5, 5.41) is 1.75. The molecule has 1 N–H and O–H groups in total. The van der Waals surface area contributed by atoms with Gasteiger partial charge < -0.3 is 10.1 Å². The monoisotopic (exact) mass is 309 g/mol. The van der Waals surface area contributed by atoms with Crippen molar-refractivity contribution < 1.29 is 27.5 Å². The number of carbonyl (C=O) groups is 2. The van der Waals surface area contributed by atoms with Crippen LogP contribution in [0.15, 0.2) is 18.2 Å². The van der Waals surface area contributed by atoms with Gasteiger partial charge in [-0.05, 0) is 25.1 Å². The minimum absolute atomic E-state index is 0.0984. The third-order valence-corrected chi connectivity index (χ3v) is 2.48. The number of halogens is 4. The number of ether oxygens (including phenoxy) is 1. The van der Waals surface area contributed by atoms with Crippen molar-refractivity contribution in [1.29, 1.82) is 0 Å². The van der Waals surface area contributed by atoms with Gasteiger partial charge in [-0.3, -0.25) is 9.59 Å². The normalized spacial score (nSPS) is 11.1. The first-order valence-corrected chi connectivity index (χ1v) is 5.83.